The van der Waals surface area contributed by atoms with Crippen LogP contribution >= 0.6 is 0 Å². The summed E-state index contributed by atoms with van der Waals surface area (Å²) in [6.45, 7) is 6.38. The van der Waals surface area contributed by atoms with Crippen LogP contribution in [0.15, 0.2) is 0 Å². The Morgan fingerprint density at radius 2 is 1.96 bits per heavy atom. The van der Waals surface area contributed by atoms with Crippen LogP contribution in [0.3, 0.4) is 0 Å². The van der Waals surface area contributed by atoms with Crippen molar-refractivity contribution in [2.24, 2.45) is 5.92 Å². The first-order valence-electron chi connectivity index (χ1n) is 9.67. The van der Waals surface area contributed by atoms with E-state index in [2.05, 4.69) is 10.0 Å². The Kier molecular flexibility index (Phi) is 5.31. The number of nitrogens with one attached hydrogen (secondary N) is 2. The van der Waals surface area contributed by atoms with Gasteiger partial charge in [-0.1, -0.05) is 6.42 Å². The molecule has 0 radical (unpaired) electrons. The van der Waals surface area contributed by atoms with Crippen molar-refractivity contribution in [1.82, 2.24) is 14.9 Å². The maximum atomic E-state index is 12.9. The van der Waals surface area contributed by atoms with Crippen molar-refractivity contribution < 1.29 is 17.9 Å². The number of fused-ring (bicyclic) bond motifs is 2. The fourth-order valence-electron chi connectivity index (χ4n) is 4.77. The number of hydrogen-bond acceptors (Lipinski definition) is 4. The molecule has 150 valence electrons. The van der Waals surface area contributed by atoms with Gasteiger partial charge in [0.1, 0.15) is 4.75 Å². The molecule has 2 saturated heterocycles. The molecule has 3 atom stereocenters. The van der Waals surface area contributed by atoms with Crippen molar-refractivity contribution in [3.8, 4) is 0 Å². The highest BCUT2D eigenvalue weighted by Gasteiger charge is 2.52. The van der Waals surface area contributed by atoms with E-state index in [0.29, 0.717) is 25.4 Å². The van der Waals surface area contributed by atoms with Crippen molar-refractivity contribution in [3.05, 3.63) is 0 Å². The van der Waals surface area contributed by atoms with Crippen molar-refractivity contribution in [1.29, 1.82) is 0 Å². The Morgan fingerprint density at radius 3 is 2.50 bits per heavy atom. The molecule has 8 heteroatoms. The van der Waals surface area contributed by atoms with E-state index < -0.39 is 20.3 Å². The SMILES string of the molecule is COC[C@@H]1C[C@H]2CC[C@@H]1N2C(=O)NCC1(S(=O)(=O)NC(C)(C)C)CCC1. The van der Waals surface area contributed by atoms with Crippen LogP contribution in [-0.4, -0.2) is 62.0 Å². The lowest BCUT2D eigenvalue weighted by Crippen LogP contribution is -2.61. The minimum atomic E-state index is -3.50. The normalized spacial score (nSPS) is 30.3. The number of sulfonamides is 1. The first kappa shape index (κ1) is 19.9. The number of carbonyl (C=O) groups is 1. The summed E-state index contributed by atoms with van der Waals surface area (Å²) in [6.07, 6.45) is 5.11. The van der Waals surface area contributed by atoms with Crippen LogP contribution in [0.25, 0.3) is 0 Å². The molecule has 7 nitrogen and oxygen atoms in total. The van der Waals surface area contributed by atoms with E-state index >= 15 is 0 Å². The molecule has 26 heavy (non-hydrogen) atoms. The summed E-state index contributed by atoms with van der Waals surface area (Å²) in [5, 5.41) is 2.95. The van der Waals surface area contributed by atoms with Gasteiger partial charge in [-0.05, 0) is 52.9 Å². The first-order valence-corrected chi connectivity index (χ1v) is 11.2. The van der Waals surface area contributed by atoms with Crippen molar-refractivity contribution >= 4 is 16.1 Å². The van der Waals surface area contributed by atoms with Crippen LogP contribution < -0.4 is 10.0 Å². The van der Waals surface area contributed by atoms with Crippen LogP contribution in [0.4, 0.5) is 4.79 Å². The largest absolute Gasteiger partial charge is 0.384 e. The lowest BCUT2D eigenvalue weighted by molar-refractivity contribution is 0.128. The molecule has 2 amide bonds. The minimum absolute atomic E-state index is 0.117. The third-order valence-corrected chi connectivity index (χ3v) is 8.69. The van der Waals surface area contributed by atoms with Gasteiger partial charge in [0.2, 0.25) is 10.0 Å². The van der Waals surface area contributed by atoms with Gasteiger partial charge in [0.25, 0.3) is 0 Å². The molecular weight excluding hydrogens is 354 g/mol. The molecular formula is C18H33N3O4S. The quantitative estimate of drug-likeness (QED) is 0.728. The lowest BCUT2D eigenvalue weighted by Gasteiger charge is -2.43. The number of nitrogens with zero attached hydrogens (tertiary/aromatic N) is 1. The molecule has 3 fully saturated rings. The molecule has 2 N–H and O–H groups in total. The smallest absolute Gasteiger partial charge is 0.317 e. The average Bonchev–Trinajstić information content (AvgIpc) is 3.00. The van der Waals surface area contributed by atoms with Crippen LogP contribution in [0.1, 0.15) is 59.3 Å². The fourth-order valence-corrected chi connectivity index (χ4v) is 6.88. The Hall–Kier alpha value is -0.860. The predicted octanol–water partition coefficient (Wildman–Crippen LogP) is 1.84. The molecule has 0 aromatic carbocycles. The highest BCUT2D eigenvalue weighted by atomic mass is 32.2. The van der Waals surface area contributed by atoms with Crippen LogP contribution in [0.2, 0.25) is 0 Å². The molecule has 1 saturated carbocycles. The van der Waals surface area contributed by atoms with Crippen molar-refractivity contribution in [2.45, 2.75) is 81.7 Å². The highest BCUT2D eigenvalue weighted by molar-refractivity contribution is 7.91. The van der Waals surface area contributed by atoms with Crippen LogP contribution in [-0.2, 0) is 14.8 Å². The number of carbonyl (C=O) groups excluding carboxylic acids is 1. The van der Waals surface area contributed by atoms with E-state index in [4.69, 9.17) is 4.74 Å². The molecule has 1 aliphatic carbocycles. The summed E-state index contributed by atoms with van der Waals surface area (Å²) in [5.41, 5.74) is -0.521. The van der Waals surface area contributed by atoms with E-state index in [9.17, 15) is 13.2 Å². The molecule has 0 aromatic rings. The third-order valence-electron chi connectivity index (χ3n) is 6.12. The Bertz CT molecular complexity index is 639. The van der Waals surface area contributed by atoms with Gasteiger partial charge in [-0.3, -0.25) is 0 Å². The van der Waals surface area contributed by atoms with Crippen LogP contribution in [0, 0.1) is 5.92 Å². The van der Waals surface area contributed by atoms with Gasteiger partial charge in [0, 0.05) is 37.2 Å². The molecule has 0 spiro atoms. The van der Waals surface area contributed by atoms with E-state index in [0.717, 1.165) is 25.7 Å². The minimum Gasteiger partial charge on any atom is -0.384 e. The van der Waals surface area contributed by atoms with Crippen LogP contribution in [0.5, 0.6) is 0 Å². The second-order valence-corrected chi connectivity index (χ2v) is 11.3. The van der Waals surface area contributed by atoms with E-state index in [1.165, 1.54) is 0 Å². The molecule has 0 aromatic heterocycles. The lowest BCUT2D eigenvalue weighted by atomic mass is 9.84. The van der Waals surface area contributed by atoms with E-state index in [1.807, 2.05) is 25.7 Å². The average molecular weight is 388 g/mol. The van der Waals surface area contributed by atoms with Gasteiger partial charge in [-0.25, -0.2) is 17.9 Å². The Morgan fingerprint density at radius 1 is 1.27 bits per heavy atom. The number of hydrogen-bond donors (Lipinski definition) is 2. The zero-order valence-electron chi connectivity index (χ0n) is 16.4. The predicted molar refractivity (Wildman–Crippen MR) is 100 cm³/mol. The van der Waals surface area contributed by atoms with Gasteiger partial charge in [0.05, 0.1) is 6.61 Å². The molecule has 0 unspecified atom stereocenters. The summed E-state index contributed by atoms with van der Waals surface area (Å²) >= 11 is 0. The molecule has 3 aliphatic rings. The Balaban J connectivity index is 1.64. The first-order chi connectivity index (χ1) is 12.1. The van der Waals surface area contributed by atoms with Crippen molar-refractivity contribution in [3.63, 3.8) is 0 Å². The highest BCUT2D eigenvalue weighted by Crippen LogP contribution is 2.42. The third kappa shape index (κ3) is 3.60. The van der Waals surface area contributed by atoms with Crippen molar-refractivity contribution in [2.75, 3.05) is 20.3 Å². The standard InChI is InChI=1S/C18H33N3O4S/c1-17(2,3)20-26(23,24)18(8-5-9-18)12-19-16(22)21-14-6-7-15(21)13(10-14)11-25-4/h13-15,20H,5-12H2,1-4H3,(H,19,22)/t13-,14+,15-/m0/s1. The molecule has 2 bridgehead atoms. The van der Waals surface area contributed by atoms with Gasteiger partial charge in [-0.2, -0.15) is 0 Å². The van der Waals surface area contributed by atoms with E-state index in [1.54, 1.807) is 7.11 Å². The zero-order chi connectivity index (χ0) is 19.2. The number of urea groups is 1. The maximum absolute atomic E-state index is 12.9. The number of rotatable bonds is 6. The maximum Gasteiger partial charge on any atom is 0.317 e. The number of ether oxygens (including phenoxy) is 1. The van der Waals surface area contributed by atoms with Gasteiger partial charge in [-0.15, -0.1) is 0 Å². The number of methoxy groups -OCH3 is 1. The summed E-state index contributed by atoms with van der Waals surface area (Å²) in [5.74, 6) is 0.397. The van der Waals surface area contributed by atoms with Gasteiger partial charge >= 0.3 is 6.03 Å². The summed E-state index contributed by atoms with van der Waals surface area (Å²) in [4.78, 5) is 14.8. The number of amides is 2. The summed E-state index contributed by atoms with van der Waals surface area (Å²) in [6, 6.07) is 0.372. The topological polar surface area (TPSA) is 87.7 Å². The second-order valence-electron chi connectivity index (χ2n) is 9.21. The van der Waals surface area contributed by atoms with E-state index in [-0.39, 0.29) is 24.7 Å². The fraction of sp³-hybridized carbons (Fsp3) is 0.944. The molecule has 2 heterocycles. The van der Waals surface area contributed by atoms with Gasteiger partial charge < -0.3 is 15.0 Å². The Labute approximate surface area is 157 Å². The zero-order valence-corrected chi connectivity index (χ0v) is 17.2. The monoisotopic (exact) mass is 387 g/mol. The summed E-state index contributed by atoms with van der Waals surface area (Å²) in [7, 11) is -1.80. The summed E-state index contributed by atoms with van der Waals surface area (Å²) < 4.78 is 32.9. The van der Waals surface area contributed by atoms with Gasteiger partial charge in [0.15, 0.2) is 0 Å². The molecule has 3 rings (SSSR count). The molecule has 2 aliphatic heterocycles. The second kappa shape index (κ2) is 6.95.